The SMILES string of the molecule is CCn1c(SCC(=O)c2cc(C)n(CCc3ccccc3)c2C)nnc1C1CC1. The second kappa shape index (κ2) is 8.57. The molecule has 0 amide bonds. The van der Waals surface area contributed by atoms with Gasteiger partial charge in [0.25, 0.3) is 0 Å². The number of aryl methyl sites for hydroxylation is 2. The van der Waals surface area contributed by atoms with E-state index in [-0.39, 0.29) is 5.78 Å². The standard InChI is InChI=1S/C23H28N4OS/c1-4-26-22(19-10-11-19)24-25-23(26)29-15-21(28)20-14-16(2)27(17(20)3)13-12-18-8-6-5-7-9-18/h5-9,14,19H,4,10-13,15H2,1-3H3. The summed E-state index contributed by atoms with van der Waals surface area (Å²) in [5.74, 6) is 2.21. The Morgan fingerprint density at radius 2 is 1.90 bits per heavy atom. The van der Waals surface area contributed by atoms with E-state index in [1.165, 1.54) is 30.2 Å². The van der Waals surface area contributed by atoms with Gasteiger partial charge in [-0.15, -0.1) is 10.2 Å². The Kier molecular flexibility index (Phi) is 5.90. The van der Waals surface area contributed by atoms with Crippen LogP contribution in [0, 0.1) is 13.8 Å². The number of carbonyl (C=O) groups excluding carboxylic acids is 1. The maximum Gasteiger partial charge on any atom is 0.191 e. The minimum atomic E-state index is 0.160. The van der Waals surface area contributed by atoms with Crippen molar-refractivity contribution in [3.8, 4) is 0 Å². The highest BCUT2D eigenvalue weighted by Gasteiger charge is 2.30. The summed E-state index contributed by atoms with van der Waals surface area (Å²) in [6.07, 6.45) is 3.37. The summed E-state index contributed by atoms with van der Waals surface area (Å²) in [6.45, 7) is 7.98. The lowest BCUT2D eigenvalue weighted by Gasteiger charge is -2.10. The Balaban J connectivity index is 1.42. The van der Waals surface area contributed by atoms with Gasteiger partial charge in [-0.25, -0.2) is 0 Å². The normalized spacial score (nSPS) is 13.8. The fourth-order valence-electron chi connectivity index (χ4n) is 3.87. The van der Waals surface area contributed by atoms with Crippen LogP contribution in [0.4, 0.5) is 0 Å². The summed E-state index contributed by atoms with van der Waals surface area (Å²) in [4.78, 5) is 12.9. The highest BCUT2D eigenvalue weighted by atomic mass is 32.2. The van der Waals surface area contributed by atoms with Crippen LogP contribution < -0.4 is 0 Å². The Morgan fingerprint density at radius 3 is 2.59 bits per heavy atom. The van der Waals surface area contributed by atoms with E-state index in [9.17, 15) is 4.79 Å². The molecule has 0 spiro atoms. The van der Waals surface area contributed by atoms with Crippen LogP contribution in [0.3, 0.4) is 0 Å². The molecular formula is C23H28N4OS. The van der Waals surface area contributed by atoms with Gasteiger partial charge in [-0.1, -0.05) is 42.1 Å². The zero-order valence-corrected chi connectivity index (χ0v) is 18.2. The maximum atomic E-state index is 12.9. The number of aromatic nitrogens is 4. The van der Waals surface area contributed by atoms with Crippen molar-refractivity contribution in [2.75, 3.05) is 5.75 Å². The maximum absolute atomic E-state index is 12.9. The average Bonchev–Trinajstić information content (AvgIpc) is 3.43. The second-order valence-electron chi connectivity index (χ2n) is 7.74. The Morgan fingerprint density at radius 1 is 1.14 bits per heavy atom. The fourth-order valence-corrected chi connectivity index (χ4v) is 4.76. The Hall–Kier alpha value is -2.34. The van der Waals surface area contributed by atoms with Crippen molar-refractivity contribution in [3.63, 3.8) is 0 Å². The third kappa shape index (κ3) is 4.32. The van der Waals surface area contributed by atoms with E-state index >= 15 is 0 Å². The van der Waals surface area contributed by atoms with Crippen molar-refractivity contribution in [2.24, 2.45) is 0 Å². The quantitative estimate of drug-likeness (QED) is 0.377. The van der Waals surface area contributed by atoms with Crippen LogP contribution in [0.25, 0.3) is 0 Å². The van der Waals surface area contributed by atoms with Crippen LogP contribution in [0.15, 0.2) is 41.6 Å². The van der Waals surface area contributed by atoms with E-state index in [4.69, 9.17) is 0 Å². The van der Waals surface area contributed by atoms with Gasteiger partial charge in [0.15, 0.2) is 10.9 Å². The van der Waals surface area contributed by atoms with Crippen molar-refractivity contribution >= 4 is 17.5 Å². The molecule has 0 aliphatic heterocycles. The van der Waals surface area contributed by atoms with E-state index in [0.717, 1.165) is 47.4 Å². The molecule has 3 aromatic rings. The van der Waals surface area contributed by atoms with Gasteiger partial charge in [-0.2, -0.15) is 0 Å². The van der Waals surface area contributed by atoms with Crippen LogP contribution in [0.1, 0.15) is 58.8 Å². The molecule has 1 aliphatic carbocycles. The summed E-state index contributed by atoms with van der Waals surface area (Å²) < 4.78 is 4.42. The van der Waals surface area contributed by atoms with Gasteiger partial charge in [-0.05, 0) is 51.7 Å². The van der Waals surface area contributed by atoms with Crippen LogP contribution in [0.2, 0.25) is 0 Å². The fraction of sp³-hybridized carbons (Fsp3) is 0.435. The Bertz CT molecular complexity index is 1000. The zero-order chi connectivity index (χ0) is 20.4. The summed E-state index contributed by atoms with van der Waals surface area (Å²) >= 11 is 1.51. The number of ketones is 1. The van der Waals surface area contributed by atoms with E-state index in [1.807, 2.05) is 12.1 Å². The Labute approximate surface area is 176 Å². The number of benzene rings is 1. The molecule has 0 atom stereocenters. The van der Waals surface area contributed by atoms with Crippen molar-refractivity contribution < 1.29 is 4.79 Å². The van der Waals surface area contributed by atoms with Crippen LogP contribution in [-0.2, 0) is 19.5 Å². The lowest BCUT2D eigenvalue weighted by molar-refractivity contribution is 0.102. The predicted molar refractivity (Wildman–Crippen MR) is 117 cm³/mol. The van der Waals surface area contributed by atoms with E-state index in [0.29, 0.717) is 11.7 Å². The molecule has 2 aromatic heterocycles. The molecule has 0 bridgehead atoms. The van der Waals surface area contributed by atoms with Gasteiger partial charge in [0.2, 0.25) is 0 Å². The predicted octanol–water partition coefficient (Wildman–Crippen LogP) is 4.81. The molecule has 5 nitrogen and oxygen atoms in total. The molecule has 4 rings (SSSR count). The smallest absolute Gasteiger partial charge is 0.191 e. The number of nitrogens with zero attached hydrogens (tertiary/aromatic N) is 4. The van der Waals surface area contributed by atoms with Crippen LogP contribution in [-0.4, -0.2) is 30.9 Å². The summed E-state index contributed by atoms with van der Waals surface area (Å²) in [5.41, 5.74) is 4.33. The molecular weight excluding hydrogens is 380 g/mol. The van der Waals surface area contributed by atoms with Gasteiger partial charge in [0, 0.05) is 36.0 Å². The van der Waals surface area contributed by atoms with Gasteiger partial charge in [0.1, 0.15) is 5.82 Å². The number of rotatable bonds is 9. The summed E-state index contributed by atoms with van der Waals surface area (Å²) in [6, 6.07) is 12.5. The molecule has 2 heterocycles. The average molecular weight is 409 g/mol. The highest BCUT2D eigenvalue weighted by molar-refractivity contribution is 7.99. The summed E-state index contributed by atoms with van der Waals surface area (Å²) in [7, 11) is 0. The minimum absolute atomic E-state index is 0.160. The van der Waals surface area contributed by atoms with Crippen LogP contribution in [0.5, 0.6) is 0 Å². The largest absolute Gasteiger partial charge is 0.348 e. The monoisotopic (exact) mass is 408 g/mol. The third-order valence-electron chi connectivity index (χ3n) is 5.68. The molecule has 1 fully saturated rings. The van der Waals surface area contributed by atoms with Crippen molar-refractivity contribution in [1.29, 1.82) is 0 Å². The van der Waals surface area contributed by atoms with E-state index in [2.05, 4.69) is 64.4 Å². The van der Waals surface area contributed by atoms with Crippen molar-refractivity contribution in [1.82, 2.24) is 19.3 Å². The van der Waals surface area contributed by atoms with Crippen molar-refractivity contribution in [2.45, 2.75) is 64.2 Å². The number of hydrogen-bond acceptors (Lipinski definition) is 4. The molecule has 152 valence electrons. The first kappa shape index (κ1) is 20.0. The van der Waals surface area contributed by atoms with E-state index in [1.54, 1.807) is 0 Å². The summed E-state index contributed by atoms with van der Waals surface area (Å²) in [5, 5.41) is 9.57. The zero-order valence-electron chi connectivity index (χ0n) is 17.4. The molecule has 6 heteroatoms. The number of thioether (sulfide) groups is 1. The first-order chi connectivity index (χ1) is 14.1. The highest BCUT2D eigenvalue weighted by Crippen LogP contribution is 2.40. The topological polar surface area (TPSA) is 52.7 Å². The second-order valence-corrected chi connectivity index (χ2v) is 8.69. The molecule has 29 heavy (non-hydrogen) atoms. The number of Topliss-reactive ketones (excluding diaryl/α,β-unsaturated/α-hetero) is 1. The molecule has 0 unspecified atom stereocenters. The lowest BCUT2D eigenvalue weighted by Crippen LogP contribution is -2.09. The molecule has 0 radical (unpaired) electrons. The molecule has 1 aromatic carbocycles. The first-order valence-electron chi connectivity index (χ1n) is 10.4. The van der Waals surface area contributed by atoms with Crippen LogP contribution >= 0.6 is 11.8 Å². The van der Waals surface area contributed by atoms with Gasteiger partial charge in [-0.3, -0.25) is 4.79 Å². The molecule has 1 aliphatic rings. The van der Waals surface area contributed by atoms with Gasteiger partial charge in [0.05, 0.1) is 5.75 Å². The molecule has 0 saturated heterocycles. The first-order valence-corrected chi connectivity index (χ1v) is 11.4. The van der Waals surface area contributed by atoms with Gasteiger partial charge >= 0.3 is 0 Å². The molecule has 0 N–H and O–H groups in total. The van der Waals surface area contributed by atoms with E-state index < -0.39 is 0 Å². The van der Waals surface area contributed by atoms with Gasteiger partial charge < -0.3 is 9.13 Å². The minimum Gasteiger partial charge on any atom is -0.348 e. The molecule has 1 saturated carbocycles. The number of hydrogen-bond donors (Lipinski definition) is 0. The number of carbonyl (C=O) groups is 1. The lowest BCUT2D eigenvalue weighted by atomic mass is 10.1. The third-order valence-corrected chi connectivity index (χ3v) is 6.64. The van der Waals surface area contributed by atoms with Crippen molar-refractivity contribution in [3.05, 3.63) is 64.7 Å².